The van der Waals surface area contributed by atoms with Crippen molar-refractivity contribution in [2.24, 2.45) is 0 Å². The minimum atomic E-state index is -4.53. The number of nitrogens with one attached hydrogen (secondary N) is 1. The van der Waals surface area contributed by atoms with Crippen LogP contribution >= 0.6 is 0 Å². The summed E-state index contributed by atoms with van der Waals surface area (Å²) in [6.07, 6.45) is -4.53. The van der Waals surface area contributed by atoms with Gasteiger partial charge in [-0.15, -0.1) is 0 Å². The quantitative estimate of drug-likeness (QED) is 0.671. The first kappa shape index (κ1) is 18.1. The molecule has 132 valence electrons. The topological polar surface area (TPSA) is 64.6 Å². The van der Waals surface area contributed by atoms with Gasteiger partial charge in [0.2, 0.25) is 5.41 Å². The fraction of sp³-hybridized carbons (Fsp3) is 0.500. The molecule has 0 saturated heterocycles. The highest BCUT2D eigenvalue weighted by atomic mass is 19.4. The van der Waals surface area contributed by atoms with Crippen LogP contribution in [-0.2, 0) is 30.7 Å². The van der Waals surface area contributed by atoms with E-state index in [4.69, 9.17) is 9.47 Å². The molecule has 1 aliphatic heterocycles. The molecule has 8 heteroatoms. The standard InChI is InChI=1S/C16H18F3NO4/c1-4-23-13(21)15(14(22)24-5-2)9(3)20-12-8-10(16(17,18)19)6-7-11(12)15/h6-9,20H,4-5H2,1-3H3. The Morgan fingerprint density at radius 1 is 1.17 bits per heavy atom. The summed E-state index contributed by atoms with van der Waals surface area (Å²) >= 11 is 0. The molecule has 0 amide bonds. The Bertz CT molecular complexity index is 639. The molecule has 1 aromatic carbocycles. The van der Waals surface area contributed by atoms with Crippen LogP contribution in [-0.4, -0.2) is 31.2 Å². The predicted octanol–water partition coefficient (Wildman–Crippen LogP) is 2.88. The largest absolute Gasteiger partial charge is 0.465 e. The second-order valence-electron chi connectivity index (χ2n) is 5.37. The number of halogens is 3. The van der Waals surface area contributed by atoms with Crippen LogP contribution in [0.3, 0.4) is 0 Å². The number of esters is 2. The van der Waals surface area contributed by atoms with E-state index in [0.29, 0.717) is 0 Å². The smallest absolute Gasteiger partial charge is 0.416 e. The van der Waals surface area contributed by atoms with E-state index < -0.39 is 35.1 Å². The summed E-state index contributed by atoms with van der Waals surface area (Å²) in [6.45, 7) is 4.75. The normalized spacial score (nSPS) is 18.5. The number of alkyl halides is 3. The molecule has 0 fully saturated rings. The number of hydrogen-bond donors (Lipinski definition) is 1. The van der Waals surface area contributed by atoms with Crippen molar-refractivity contribution >= 4 is 17.6 Å². The van der Waals surface area contributed by atoms with Crippen LogP contribution in [0.25, 0.3) is 0 Å². The molecule has 0 aromatic heterocycles. The molecule has 1 aromatic rings. The number of hydrogen-bond acceptors (Lipinski definition) is 5. The van der Waals surface area contributed by atoms with E-state index in [0.717, 1.165) is 18.2 Å². The minimum Gasteiger partial charge on any atom is -0.465 e. The Labute approximate surface area is 137 Å². The summed E-state index contributed by atoms with van der Waals surface area (Å²) in [5.41, 5.74) is -2.51. The first-order valence-corrected chi connectivity index (χ1v) is 7.52. The van der Waals surface area contributed by atoms with E-state index in [1.54, 1.807) is 13.8 Å². The van der Waals surface area contributed by atoms with Crippen LogP contribution in [0.4, 0.5) is 18.9 Å². The van der Waals surface area contributed by atoms with Gasteiger partial charge in [0, 0.05) is 11.3 Å². The highest BCUT2D eigenvalue weighted by Crippen LogP contribution is 2.45. The third-order valence-electron chi connectivity index (χ3n) is 3.99. The van der Waals surface area contributed by atoms with Crippen LogP contribution in [0.1, 0.15) is 31.9 Å². The van der Waals surface area contributed by atoms with E-state index in [1.807, 2.05) is 0 Å². The average Bonchev–Trinajstić information content (AvgIpc) is 2.78. The summed E-state index contributed by atoms with van der Waals surface area (Å²) in [4.78, 5) is 25.1. The van der Waals surface area contributed by atoms with Crippen molar-refractivity contribution in [3.63, 3.8) is 0 Å². The highest BCUT2D eigenvalue weighted by Gasteiger charge is 2.59. The minimum absolute atomic E-state index is 0.0304. The van der Waals surface area contributed by atoms with Crippen LogP contribution in [0, 0.1) is 0 Å². The predicted molar refractivity (Wildman–Crippen MR) is 79.5 cm³/mol. The van der Waals surface area contributed by atoms with Gasteiger partial charge in [-0.05, 0) is 32.9 Å². The van der Waals surface area contributed by atoms with Gasteiger partial charge in [0.15, 0.2) is 0 Å². The Morgan fingerprint density at radius 2 is 1.71 bits per heavy atom. The molecule has 1 N–H and O–H groups in total. The second kappa shape index (κ2) is 6.33. The fourth-order valence-electron chi connectivity index (χ4n) is 2.91. The zero-order valence-corrected chi connectivity index (χ0v) is 13.5. The van der Waals surface area contributed by atoms with Gasteiger partial charge in [0.25, 0.3) is 0 Å². The third kappa shape index (κ3) is 2.70. The third-order valence-corrected chi connectivity index (χ3v) is 3.99. The maximum atomic E-state index is 12.9. The van der Waals surface area contributed by atoms with Gasteiger partial charge < -0.3 is 14.8 Å². The zero-order chi connectivity index (χ0) is 18.1. The average molecular weight is 345 g/mol. The Kier molecular flexibility index (Phi) is 4.77. The van der Waals surface area contributed by atoms with Crippen molar-refractivity contribution in [2.75, 3.05) is 18.5 Å². The van der Waals surface area contributed by atoms with Crippen LogP contribution < -0.4 is 5.32 Å². The van der Waals surface area contributed by atoms with Crippen molar-refractivity contribution in [3.05, 3.63) is 29.3 Å². The van der Waals surface area contributed by atoms with E-state index in [9.17, 15) is 22.8 Å². The Morgan fingerprint density at radius 3 is 2.17 bits per heavy atom. The fourth-order valence-corrected chi connectivity index (χ4v) is 2.91. The van der Waals surface area contributed by atoms with Crippen molar-refractivity contribution in [1.82, 2.24) is 0 Å². The monoisotopic (exact) mass is 345 g/mol. The van der Waals surface area contributed by atoms with Gasteiger partial charge in [-0.2, -0.15) is 13.2 Å². The summed E-state index contributed by atoms with van der Waals surface area (Å²) < 4.78 is 48.7. The molecular weight excluding hydrogens is 327 g/mol. The van der Waals surface area contributed by atoms with Crippen molar-refractivity contribution in [3.8, 4) is 0 Å². The Hall–Kier alpha value is -2.25. The van der Waals surface area contributed by atoms with Crippen molar-refractivity contribution < 1.29 is 32.2 Å². The maximum absolute atomic E-state index is 12.9. The zero-order valence-electron chi connectivity index (χ0n) is 13.5. The lowest BCUT2D eigenvalue weighted by molar-refractivity contribution is -0.165. The number of carbonyl (C=O) groups is 2. The van der Waals surface area contributed by atoms with Crippen molar-refractivity contribution in [1.29, 1.82) is 0 Å². The first-order valence-electron chi connectivity index (χ1n) is 7.52. The summed E-state index contributed by atoms with van der Waals surface area (Å²) in [5.74, 6) is -1.69. The number of ether oxygens (including phenoxy) is 2. The summed E-state index contributed by atoms with van der Waals surface area (Å²) in [5, 5.41) is 2.78. The van der Waals surface area contributed by atoms with E-state index in [1.165, 1.54) is 6.92 Å². The van der Waals surface area contributed by atoms with Gasteiger partial charge >= 0.3 is 18.1 Å². The molecule has 0 saturated carbocycles. The van der Waals surface area contributed by atoms with Gasteiger partial charge in [0.05, 0.1) is 24.8 Å². The lowest BCUT2D eigenvalue weighted by Gasteiger charge is -2.29. The SMILES string of the molecule is CCOC(=O)C1(C(=O)OCC)c2ccc(C(F)(F)F)cc2NC1C. The van der Waals surface area contributed by atoms with Gasteiger partial charge in [-0.1, -0.05) is 6.07 Å². The first-order chi connectivity index (χ1) is 11.2. The molecule has 0 aliphatic carbocycles. The molecule has 24 heavy (non-hydrogen) atoms. The van der Waals surface area contributed by atoms with E-state index >= 15 is 0 Å². The maximum Gasteiger partial charge on any atom is 0.416 e. The molecule has 0 bridgehead atoms. The number of anilines is 1. The number of rotatable bonds is 4. The number of benzene rings is 1. The Balaban J connectivity index is 2.62. The van der Waals surface area contributed by atoms with Crippen LogP contribution in [0.5, 0.6) is 0 Å². The molecule has 1 unspecified atom stereocenters. The van der Waals surface area contributed by atoms with Crippen LogP contribution in [0.15, 0.2) is 18.2 Å². The summed E-state index contributed by atoms with van der Waals surface area (Å²) in [7, 11) is 0. The molecular formula is C16H18F3NO4. The van der Waals surface area contributed by atoms with E-state index in [2.05, 4.69) is 5.32 Å². The molecule has 5 nitrogen and oxygen atoms in total. The lowest BCUT2D eigenvalue weighted by Crippen LogP contribution is -2.52. The van der Waals surface area contributed by atoms with Gasteiger partial charge in [-0.3, -0.25) is 9.59 Å². The van der Waals surface area contributed by atoms with Crippen molar-refractivity contribution in [2.45, 2.75) is 38.4 Å². The molecule has 2 rings (SSSR count). The molecule has 0 spiro atoms. The molecule has 1 heterocycles. The highest BCUT2D eigenvalue weighted by molar-refractivity contribution is 6.10. The second-order valence-corrected chi connectivity index (χ2v) is 5.37. The van der Waals surface area contributed by atoms with E-state index in [-0.39, 0.29) is 24.5 Å². The van der Waals surface area contributed by atoms with Crippen LogP contribution in [0.2, 0.25) is 0 Å². The summed E-state index contributed by atoms with van der Waals surface area (Å²) in [6, 6.07) is 2.04. The molecule has 1 aliphatic rings. The molecule has 1 atom stereocenters. The number of fused-ring (bicyclic) bond motifs is 1. The lowest BCUT2D eigenvalue weighted by atomic mass is 9.77. The molecule has 0 radical (unpaired) electrons. The van der Waals surface area contributed by atoms with Gasteiger partial charge in [-0.25, -0.2) is 0 Å². The van der Waals surface area contributed by atoms with Gasteiger partial charge in [0.1, 0.15) is 0 Å². The number of carbonyl (C=O) groups excluding carboxylic acids is 2.